The number of piperazine rings is 1. The van der Waals surface area contributed by atoms with Gasteiger partial charge in [0, 0.05) is 58.6 Å². The second-order valence-corrected chi connectivity index (χ2v) is 6.88. The summed E-state index contributed by atoms with van der Waals surface area (Å²) in [4.78, 5) is 29.2. The van der Waals surface area contributed by atoms with E-state index in [1.165, 1.54) is 0 Å². The van der Waals surface area contributed by atoms with E-state index in [4.69, 9.17) is 0 Å². The Morgan fingerprint density at radius 3 is 2.30 bits per heavy atom. The van der Waals surface area contributed by atoms with Crippen molar-refractivity contribution >= 4 is 23.4 Å². The monoisotopic (exact) mass is 368 g/mol. The second-order valence-electron chi connectivity index (χ2n) is 6.88. The van der Waals surface area contributed by atoms with Crippen molar-refractivity contribution in [1.82, 2.24) is 25.1 Å². The summed E-state index contributed by atoms with van der Waals surface area (Å²) in [6.07, 6.45) is 4.31. The molecule has 0 bridgehead atoms. The predicted octanol–water partition coefficient (Wildman–Crippen LogP) is 0.262. The number of rotatable bonds is 3. The van der Waals surface area contributed by atoms with Gasteiger partial charge >= 0.3 is 0 Å². The molecule has 9 heteroatoms. The molecule has 2 saturated heterocycles. The van der Waals surface area contributed by atoms with Crippen LogP contribution in [-0.4, -0.2) is 83.8 Å². The fourth-order valence-electron chi connectivity index (χ4n) is 3.47. The van der Waals surface area contributed by atoms with Gasteiger partial charge in [0.2, 0.25) is 5.91 Å². The molecule has 0 spiro atoms. The van der Waals surface area contributed by atoms with Crippen molar-refractivity contribution < 1.29 is 4.79 Å². The van der Waals surface area contributed by atoms with E-state index in [9.17, 15) is 4.79 Å². The molecule has 2 aliphatic heterocycles. The lowest BCUT2D eigenvalue weighted by Crippen LogP contribution is -2.48. The summed E-state index contributed by atoms with van der Waals surface area (Å²) in [5.74, 6) is 2.76. The first-order valence-corrected chi connectivity index (χ1v) is 9.29. The van der Waals surface area contributed by atoms with Gasteiger partial charge in [-0.25, -0.2) is 9.97 Å². The summed E-state index contributed by atoms with van der Waals surface area (Å²) in [5.41, 5.74) is 0. The lowest BCUT2D eigenvalue weighted by atomic mass is 10.3. The summed E-state index contributed by atoms with van der Waals surface area (Å²) in [5, 5.41) is 8.20. The van der Waals surface area contributed by atoms with E-state index in [0.717, 1.165) is 63.1 Å². The Morgan fingerprint density at radius 2 is 1.59 bits per heavy atom. The number of carbonyl (C=O) groups is 1. The first-order chi connectivity index (χ1) is 13.2. The van der Waals surface area contributed by atoms with Gasteiger partial charge in [-0.2, -0.15) is 5.10 Å². The van der Waals surface area contributed by atoms with Crippen LogP contribution >= 0.6 is 0 Å². The van der Waals surface area contributed by atoms with Crippen molar-refractivity contribution in [3.8, 4) is 0 Å². The number of likely N-dealkylation sites (N-methyl/N-ethyl adjacent to an activating group) is 1. The van der Waals surface area contributed by atoms with Crippen molar-refractivity contribution in [3.63, 3.8) is 0 Å². The Kier molecular flexibility index (Phi) is 4.99. The van der Waals surface area contributed by atoms with Gasteiger partial charge in [-0.05, 0) is 18.6 Å². The molecule has 27 heavy (non-hydrogen) atoms. The van der Waals surface area contributed by atoms with E-state index in [-0.39, 0.29) is 5.91 Å². The molecule has 1 amide bonds. The van der Waals surface area contributed by atoms with E-state index < -0.39 is 0 Å². The maximum absolute atomic E-state index is 12.0. The Labute approximate surface area is 158 Å². The second kappa shape index (κ2) is 7.73. The fourth-order valence-corrected chi connectivity index (χ4v) is 3.47. The third kappa shape index (κ3) is 3.91. The third-order valence-electron chi connectivity index (χ3n) is 5.12. The Balaban J connectivity index is 1.45. The van der Waals surface area contributed by atoms with Crippen molar-refractivity contribution in [3.05, 3.63) is 30.7 Å². The predicted molar refractivity (Wildman–Crippen MR) is 103 cm³/mol. The molecule has 2 aliphatic rings. The quantitative estimate of drug-likeness (QED) is 0.763. The molecular weight excluding hydrogens is 344 g/mol. The van der Waals surface area contributed by atoms with Crippen LogP contribution < -0.4 is 14.7 Å². The minimum Gasteiger partial charge on any atom is -0.355 e. The average molecular weight is 368 g/mol. The molecule has 0 saturated carbocycles. The van der Waals surface area contributed by atoms with Crippen LogP contribution in [0.1, 0.15) is 6.42 Å². The molecule has 2 aromatic rings. The van der Waals surface area contributed by atoms with Gasteiger partial charge in [-0.15, -0.1) is 5.10 Å². The number of carbonyl (C=O) groups excluding carboxylic acids is 1. The molecule has 4 rings (SSSR count). The van der Waals surface area contributed by atoms with Gasteiger partial charge in [-0.3, -0.25) is 4.79 Å². The Bertz CT molecular complexity index is 786. The number of nitrogens with zero attached hydrogens (tertiary/aromatic N) is 8. The highest BCUT2D eigenvalue weighted by molar-refractivity contribution is 5.82. The van der Waals surface area contributed by atoms with Crippen molar-refractivity contribution in [2.75, 3.05) is 67.6 Å². The van der Waals surface area contributed by atoms with Crippen LogP contribution in [0.2, 0.25) is 0 Å². The molecule has 0 unspecified atom stereocenters. The number of aromatic nitrogens is 4. The van der Waals surface area contributed by atoms with Gasteiger partial charge in [0.25, 0.3) is 0 Å². The van der Waals surface area contributed by atoms with Crippen LogP contribution in [0, 0.1) is 0 Å². The van der Waals surface area contributed by atoms with Crippen LogP contribution in [-0.2, 0) is 4.79 Å². The molecule has 142 valence electrons. The number of amides is 1. The van der Waals surface area contributed by atoms with Crippen LogP contribution in [0.3, 0.4) is 0 Å². The topological polar surface area (TPSA) is 81.6 Å². The smallest absolute Gasteiger partial charge is 0.241 e. The molecular formula is C18H24N8O. The van der Waals surface area contributed by atoms with Gasteiger partial charge in [0.1, 0.15) is 18.0 Å². The minimum atomic E-state index is 0.121. The van der Waals surface area contributed by atoms with Crippen LogP contribution in [0.4, 0.5) is 17.5 Å². The highest BCUT2D eigenvalue weighted by atomic mass is 16.2. The molecule has 0 N–H and O–H groups in total. The number of anilines is 3. The number of hydrogen-bond acceptors (Lipinski definition) is 8. The minimum absolute atomic E-state index is 0.121. The highest BCUT2D eigenvalue weighted by Crippen LogP contribution is 2.21. The molecule has 2 fully saturated rings. The lowest BCUT2D eigenvalue weighted by Gasteiger charge is -2.33. The largest absolute Gasteiger partial charge is 0.355 e. The van der Waals surface area contributed by atoms with E-state index in [1.807, 2.05) is 30.1 Å². The molecule has 2 aromatic heterocycles. The average Bonchev–Trinajstić information content (AvgIpc) is 2.97. The van der Waals surface area contributed by atoms with Crippen molar-refractivity contribution in [2.24, 2.45) is 0 Å². The normalized spacial score (nSPS) is 18.6. The van der Waals surface area contributed by atoms with Crippen LogP contribution in [0.15, 0.2) is 30.7 Å². The maximum atomic E-state index is 12.0. The van der Waals surface area contributed by atoms with Crippen molar-refractivity contribution in [1.29, 1.82) is 0 Å². The highest BCUT2D eigenvalue weighted by Gasteiger charge is 2.23. The van der Waals surface area contributed by atoms with E-state index >= 15 is 0 Å². The number of hydrogen-bond donors (Lipinski definition) is 0. The molecule has 0 aromatic carbocycles. The van der Waals surface area contributed by atoms with Gasteiger partial charge < -0.3 is 19.6 Å². The van der Waals surface area contributed by atoms with E-state index in [0.29, 0.717) is 6.54 Å². The van der Waals surface area contributed by atoms with Crippen LogP contribution in [0.5, 0.6) is 0 Å². The summed E-state index contributed by atoms with van der Waals surface area (Å²) in [6, 6.07) is 5.91. The molecule has 0 aliphatic carbocycles. The first kappa shape index (κ1) is 17.4. The lowest BCUT2D eigenvalue weighted by molar-refractivity contribution is -0.129. The summed E-state index contributed by atoms with van der Waals surface area (Å²) in [7, 11) is 1.84. The zero-order valence-corrected chi connectivity index (χ0v) is 15.5. The van der Waals surface area contributed by atoms with Gasteiger partial charge in [0.15, 0.2) is 5.82 Å². The molecule has 0 radical (unpaired) electrons. The first-order valence-electron chi connectivity index (χ1n) is 9.29. The van der Waals surface area contributed by atoms with Crippen molar-refractivity contribution in [2.45, 2.75) is 6.42 Å². The van der Waals surface area contributed by atoms with E-state index in [2.05, 4.69) is 30.0 Å². The summed E-state index contributed by atoms with van der Waals surface area (Å²) < 4.78 is 0. The maximum Gasteiger partial charge on any atom is 0.241 e. The zero-order valence-electron chi connectivity index (χ0n) is 15.5. The SMILES string of the molecule is CN1CCN(c2cc(N3CCCN(c4cccnn4)CC3)ncn2)CC1=O. The Hall–Kier alpha value is -2.97. The molecule has 9 nitrogen and oxygen atoms in total. The standard InChI is InChI=1S/C18H24N8O/c1-23-8-9-26(13-18(23)27)17-12-16(19-14-20-17)25-7-3-6-24(10-11-25)15-4-2-5-21-22-15/h2,4-5,12,14H,3,6-11,13H2,1H3. The third-order valence-corrected chi connectivity index (χ3v) is 5.12. The summed E-state index contributed by atoms with van der Waals surface area (Å²) >= 11 is 0. The molecule has 4 heterocycles. The summed E-state index contributed by atoms with van der Waals surface area (Å²) in [6.45, 7) is 5.47. The molecule has 0 atom stereocenters. The van der Waals surface area contributed by atoms with E-state index in [1.54, 1.807) is 17.4 Å². The van der Waals surface area contributed by atoms with Crippen LogP contribution in [0.25, 0.3) is 0 Å². The zero-order chi connectivity index (χ0) is 18.6. The van der Waals surface area contributed by atoms with Gasteiger partial charge in [0.05, 0.1) is 6.54 Å². The fraction of sp³-hybridized carbons (Fsp3) is 0.500. The Morgan fingerprint density at radius 1 is 0.889 bits per heavy atom. The van der Waals surface area contributed by atoms with Gasteiger partial charge in [-0.1, -0.05) is 0 Å².